The number of benzene rings is 1. The van der Waals surface area contributed by atoms with Crippen LogP contribution in [0.5, 0.6) is 0 Å². The molecule has 21 heavy (non-hydrogen) atoms. The number of non-ortho nitro benzene ring substituents is 1. The van der Waals surface area contributed by atoms with Crippen molar-refractivity contribution in [3.63, 3.8) is 0 Å². The van der Waals surface area contributed by atoms with Gasteiger partial charge < -0.3 is 10.4 Å². The molecule has 116 valence electrons. The first-order chi connectivity index (χ1) is 9.86. The molecule has 1 aromatic rings. The van der Waals surface area contributed by atoms with E-state index < -0.39 is 0 Å². The van der Waals surface area contributed by atoms with Crippen molar-refractivity contribution in [1.82, 2.24) is 5.32 Å². The molecule has 0 heterocycles. The number of rotatable bonds is 6. The summed E-state index contributed by atoms with van der Waals surface area (Å²) in [6, 6.07) is 7.16. The Morgan fingerprint density at radius 3 is 2.76 bits per heavy atom. The van der Waals surface area contributed by atoms with E-state index in [-0.39, 0.29) is 34.2 Å². The van der Waals surface area contributed by atoms with Gasteiger partial charge in [0.15, 0.2) is 0 Å². The first kappa shape index (κ1) is 15.9. The molecule has 1 aromatic carbocycles. The summed E-state index contributed by atoms with van der Waals surface area (Å²) in [5.41, 5.74) is 0.929. The lowest BCUT2D eigenvalue weighted by Crippen LogP contribution is -2.60. The van der Waals surface area contributed by atoms with Crippen molar-refractivity contribution in [2.24, 2.45) is 5.41 Å². The predicted molar refractivity (Wildman–Crippen MR) is 82.1 cm³/mol. The molecular weight excluding hydrogens is 268 g/mol. The van der Waals surface area contributed by atoms with Crippen molar-refractivity contribution >= 4 is 5.69 Å². The molecule has 2 rings (SSSR count). The van der Waals surface area contributed by atoms with E-state index in [1.54, 1.807) is 12.1 Å². The largest absolute Gasteiger partial charge is 0.392 e. The number of aliphatic hydroxyl groups excluding tert-OH is 1. The van der Waals surface area contributed by atoms with Crippen LogP contribution in [0.1, 0.15) is 51.6 Å². The predicted octanol–water partition coefficient (Wildman–Crippen LogP) is 3.19. The van der Waals surface area contributed by atoms with E-state index in [0.29, 0.717) is 0 Å². The first-order valence-corrected chi connectivity index (χ1v) is 7.54. The van der Waals surface area contributed by atoms with Crippen LogP contribution in [0.15, 0.2) is 24.3 Å². The molecule has 0 saturated heterocycles. The summed E-state index contributed by atoms with van der Waals surface area (Å²) in [5, 5.41) is 24.3. The summed E-state index contributed by atoms with van der Waals surface area (Å²) in [7, 11) is 0. The fraction of sp³-hybridized carbons (Fsp3) is 0.625. The normalized spacial score (nSPS) is 25.1. The quantitative estimate of drug-likeness (QED) is 0.623. The van der Waals surface area contributed by atoms with E-state index in [2.05, 4.69) is 26.1 Å². The Morgan fingerprint density at radius 2 is 2.24 bits per heavy atom. The van der Waals surface area contributed by atoms with Crippen LogP contribution in [-0.4, -0.2) is 22.2 Å². The Labute approximate surface area is 125 Å². The van der Waals surface area contributed by atoms with Crippen LogP contribution in [0, 0.1) is 15.5 Å². The Balaban J connectivity index is 2.16. The second-order valence-electron chi connectivity index (χ2n) is 6.49. The smallest absolute Gasteiger partial charge is 0.269 e. The van der Waals surface area contributed by atoms with Gasteiger partial charge in [0.2, 0.25) is 0 Å². The molecule has 0 radical (unpaired) electrons. The highest BCUT2D eigenvalue weighted by molar-refractivity contribution is 5.36. The van der Waals surface area contributed by atoms with E-state index in [4.69, 9.17) is 0 Å². The molecular formula is C16H24N2O3. The zero-order chi connectivity index (χ0) is 15.6. The molecule has 5 nitrogen and oxygen atoms in total. The summed E-state index contributed by atoms with van der Waals surface area (Å²) in [6.07, 6.45) is 2.38. The van der Waals surface area contributed by atoms with Gasteiger partial charge in [0.1, 0.15) is 0 Å². The molecule has 1 saturated carbocycles. The van der Waals surface area contributed by atoms with Gasteiger partial charge in [-0.3, -0.25) is 10.1 Å². The molecule has 0 amide bonds. The van der Waals surface area contributed by atoms with Crippen molar-refractivity contribution < 1.29 is 10.0 Å². The second kappa shape index (κ2) is 6.12. The molecule has 3 atom stereocenters. The second-order valence-corrected chi connectivity index (χ2v) is 6.49. The Morgan fingerprint density at radius 1 is 1.52 bits per heavy atom. The van der Waals surface area contributed by atoms with Gasteiger partial charge in [0.25, 0.3) is 5.69 Å². The topological polar surface area (TPSA) is 75.4 Å². The lowest BCUT2D eigenvalue weighted by atomic mass is 9.64. The molecule has 3 unspecified atom stereocenters. The number of aliphatic hydroxyl groups is 1. The zero-order valence-corrected chi connectivity index (χ0v) is 12.9. The molecule has 1 aliphatic carbocycles. The van der Waals surface area contributed by atoms with Crippen LogP contribution in [0.2, 0.25) is 0 Å². The number of nitro groups is 1. The average Bonchev–Trinajstić information content (AvgIpc) is 2.46. The Bertz CT molecular complexity index is 516. The van der Waals surface area contributed by atoms with Crippen LogP contribution >= 0.6 is 0 Å². The molecule has 0 aromatic heterocycles. The third-order valence-electron chi connectivity index (χ3n) is 4.68. The molecule has 0 spiro atoms. The summed E-state index contributed by atoms with van der Waals surface area (Å²) >= 11 is 0. The number of nitrogens with zero attached hydrogens (tertiary/aromatic N) is 1. The van der Waals surface area contributed by atoms with E-state index in [0.717, 1.165) is 24.8 Å². The number of nitrogens with one attached hydrogen (secondary N) is 1. The van der Waals surface area contributed by atoms with Crippen LogP contribution in [0.3, 0.4) is 0 Å². The standard InChI is InChI=1S/C16H24N2O3/c1-4-6-13(17-14-10-15(19)16(14,2)3)11-7-5-8-12(9-11)18(20)21/h5,7-9,13-15,17,19H,4,6,10H2,1-3H3. The SMILES string of the molecule is CCCC(NC1CC(O)C1(C)C)c1cccc([N+](=O)[O-])c1. The van der Waals surface area contributed by atoms with E-state index in [9.17, 15) is 15.2 Å². The third-order valence-corrected chi connectivity index (χ3v) is 4.68. The fourth-order valence-electron chi connectivity index (χ4n) is 2.92. The number of hydrogen-bond donors (Lipinski definition) is 2. The summed E-state index contributed by atoms with van der Waals surface area (Å²) in [5.74, 6) is 0. The monoisotopic (exact) mass is 292 g/mol. The highest BCUT2D eigenvalue weighted by Gasteiger charge is 2.47. The number of hydrogen-bond acceptors (Lipinski definition) is 4. The van der Waals surface area contributed by atoms with Gasteiger partial charge in [-0.2, -0.15) is 0 Å². The average molecular weight is 292 g/mol. The number of nitro benzene ring substituents is 1. The molecule has 1 aliphatic rings. The van der Waals surface area contributed by atoms with Gasteiger partial charge >= 0.3 is 0 Å². The molecule has 0 bridgehead atoms. The van der Waals surface area contributed by atoms with Crippen molar-refractivity contribution in [2.75, 3.05) is 0 Å². The van der Waals surface area contributed by atoms with Crippen molar-refractivity contribution in [1.29, 1.82) is 0 Å². The maximum Gasteiger partial charge on any atom is 0.269 e. The van der Waals surface area contributed by atoms with Crippen LogP contribution in [-0.2, 0) is 0 Å². The molecule has 5 heteroatoms. The summed E-state index contributed by atoms with van der Waals surface area (Å²) in [4.78, 5) is 10.6. The van der Waals surface area contributed by atoms with Gasteiger partial charge in [0, 0.05) is 29.6 Å². The van der Waals surface area contributed by atoms with Gasteiger partial charge in [0.05, 0.1) is 11.0 Å². The van der Waals surface area contributed by atoms with E-state index in [1.165, 1.54) is 6.07 Å². The summed E-state index contributed by atoms with van der Waals surface area (Å²) in [6.45, 7) is 6.21. The Hall–Kier alpha value is -1.46. The van der Waals surface area contributed by atoms with Crippen LogP contribution in [0.4, 0.5) is 5.69 Å². The molecule has 0 aliphatic heterocycles. The first-order valence-electron chi connectivity index (χ1n) is 7.54. The van der Waals surface area contributed by atoms with Gasteiger partial charge in [-0.1, -0.05) is 39.3 Å². The van der Waals surface area contributed by atoms with Gasteiger partial charge in [-0.25, -0.2) is 0 Å². The lowest BCUT2D eigenvalue weighted by molar-refractivity contribution is -0.384. The lowest BCUT2D eigenvalue weighted by Gasteiger charge is -2.51. The Kier molecular flexibility index (Phi) is 4.64. The van der Waals surface area contributed by atoms with Crippen molar-refractivity contribution in [2.45, 2.75) is 58.2 Å². The van der Waals surface area contributed by atoms with Gasteiger partial charge in [-0.15, -0.1) is 0 Å². The maximum absolute atomic E-state index is 10.9. The van der Waals surface area contributed by atoms with E-state index >= 15 is 0 Å². The minimum atomic E-state index is -0.358. The minimum absolute atomic E-state index is 0.0895. The van der Waals surface area contributed by atoms with Crippen molar-refractivity contribution in [3.05, 3.63) is 39.9 Å². The van der Waals surface area contributed by atoms with Crippen LogP contribution < -0.4 is 5.32 Å². The minimum Gasteiger partial charge on any atom is -0.392 e. The highest BCUT2D eigenvalue weighted by atomic mass is 16.6. The fourth-order valence-corrected chi connectivity index (χ4v) is 2.92. The summed E-state index contributed by atoms with van der Waals surface area (Å²) < 4.78 is 0. The van der Waals surface area contributed by atoms with Gasteiger partial charge in [-0.05, 0) is 18.4 Å². The molecule has 2 N–H and O–H groups in total. The highest BCUT2D eigenvalue weighted by Crippen LogP contribution is 2.42. The third kappa shape index (κ3) is 3.24. The van der Waals surface area contributed by atoms with Crippen LogP contribution in [0.25, 0.3) is 0 Å². The van der Waals surface area contributed by atoms with Crippen molar-refractivity contribution in [3.8, 4) is 0 Å². The zero-order valence-electron chi connectivity index (χ0n) is 12.9. The maximum atomic E-state index is 10.9. The van der Waals surface area contributed by atoms with E-state index in [1.807, 2.05) is 6.07 Å². The molecule has 1 fully saturated rings.